The molecule has 0 radical (unpaired) electrons. The molecule has 1 aromatic carbocycles. The number of carbonyl (C=O) groups is 1. The molecule has 1 rings (SSSR count). The summed E-state index contributed by atoms with van der Waals surface area (Å²) in [5, 5.41) is 2.82. The summed E-state index contributed by atoms with van der Waals surface area (Å²) in [5.41, 5.74) is 8.74. The van der Waals surface area contributed by atoms with E-state index in [0.717, 1.165) is 5.56 Å². The van der Waals surface area contributed by atoms with Crippen molar-refractivity contribution in [1.29, 1.82) is 0 Å². The highest BCUT2D eigenvalue weighted by atomic mass is 16.1. The molecule has 0 aliphatic carbocycles. The molecule has 0 bridgehead atoms. The molecule has 0 fully saturated rings. The molecule has 96 valence electrons. The predicted molar refractivity (Wildman–Crippen MR) is 74.3 cm³/mol. The third kappa shape index (κ3) is 4.05. The molecule has 1 amide bonds. The summed E-state index contributed by atoms with van der Waals surface area (Å²) in [6.07, 6.45) is 1.47. The van der Waals surface area contributed by atoms with Gasteiger partial charge in [0, 0.05) is 25.5 Å². The van der Waals surface area contributed by atoms with Crippen molar-refractivity contribution >= 4 is 12.1 Å². The zero-order chi connectivity index (χ0) is 13.5. The molecule has 4 heteroatoms. The fourth-order valence-electron chi connectivity index (χ4n) is 1.57. The quantitative estimate of drug-likeness (QED) is 0.624. The van der Waals surface area contributed by atoms with Crippen molar-refractivity contribution in [3.05, 3.63) is 46.7 Å². The van der Waals surface area contributed by atoms with Crippen LogP contribution in [0, 0.1) is 6.92 Å². The first-order valence-electron chi connectivity index (χ1n) is 5.77. The van der Waals surface area contributed by atoms with E-state index in [-0.39, 0.29) is 5.91 Å². The summed E-state index contributed by atoms with van der Waals surface area (Å²) < 4.78 is 0. The third-order valence-electron chi connectivity index (χ3n) is 2.46. The Morgan fingerprint density at radius 2 is 2.22 bits per heavy atom. The van der Waals surface area contributed by atoms with Crippen molar-refractivity contribution in [2.45, 2.75) is 20.4 Å². The van der Waals surface area contributed by atoms with Crippen molar-refractivity contribution in [3.8, 4) is 0 Å². The number of hydrogen-bond acceptors (Lipinski definition) is 3. The Morgan fingerprint density at radius 1 is 1.50 bits per heavy atom. The third-order valence-corrected chi connectivity index (χ3v) is 2.46. The Kier molecular flexibility index (Phi) is 5.11. The first kappa shape index (κ1) is 14.0. The number of hydrogen-bond donors (Lipinski definition) is 2. The van der Waals surface area contributed by atoms with E-state index in [1.807, 2.05) is 31.2 Å². The first-order valence-corrected chi connectivity index (χ1v) is 5.77. The van der Waals surface area contributed by atoms with Crippen LogP contribution in [0.25, 0.3) is 0 Å². The van der Waals surface area contributed by atoms with Gasteiger partial charge in [-0.05, 0) is 19.4 Å². The Morgan fingerprint density at radius 3 is 2.78 bits per heavy atom. The first-order chi connectivity index (χ1) is 8.54. The fraction of sp³-hybridized carbons (Fsp3) is 0.286. The van der Waals surface area contributed by atoms with Crippen LogP contribution in [0.3, 0.4) is 0 Å². The number of benzene rings is 1. The molecule has 3 N–H and O–H groups in total. The molecule has 0 atom stereocenters. The van der Waals surface area contributed by atoms with E-state index in [0.29, 0.717) is 17.8 Å². The SMILES string of the molecule is CN=CC(C(=O)NCc1cccc(C)c1)=C(C)N. The van der Waals surface area contributed by atoms with Gasteiger partial charge in [-0.25, -0.2) is 0 Å². The number of carbonyl (C=O) groups excluding carboxylic acids is 1. The number of allylic oxidation sites excluding steroid dienone is 1. The second kappa shape index (κ2) is 6.59. The van der Waals surface area contributed by atoms with Crippen LogP contribution in [0.15, 0.2) is 40.5 Å². The van der Waals surface area contributed by atoms with Crippen molar-refractivity contribution in [1.82, 2.24) is 5.32 Å². The highest BCUT2D eigenvalue weighted by Crippen LogP contribution is 2.04. The molecule has 0 heterocycles. The van der Waals surface area contributed by atoms with Gasteiger partial charge in [-0.15, -0.1) is 0 Å². The zero-order valence-corrected chi connectivity index (χ0v) is 11.0. The van der Waals surface area contributed by atoms with Gasteiger partial charge in [-0.2, -0.15) is 0 Å². The van der Waals surface area contributed by atoms with E-state index in [2.05, 4.69) is 10.3 Å². The number of aliphatic imine (C=N–C) groups is 1. The van der Waals surface area contributed by atoms with Gasteiger partial charge in [0.2, 0.25) is 0 Å². The number of amides is 1. The van der Waals surface area contributed by atoms with Gasteiger partial charge in [0.15, 0.2) is 0 Å². The molecule has 0 aliphatic rings. The maximum absolute atomic E-state index is 11.9. The molecule has 1 aromatic rings. The lowest BCUT2D eigenvalue weighted by atomic mass is 10.1. The van der Waals surface area contributed by atoms with Crippen LogP contribution >= 0.6 is 0 Å². The molecule has 0 aliphatic heterocycles. The van der Waals surface area contributed by atoms with Crippen LogP contribution in [0.2, 0.25) is 0 Å². The molecule has 18 heavy (non-hydrogen) atoms. The van der Waals surface area contributed by atoms with Crippen LogP contribution < -0.4 is 11.1 Å². The number of nitrogens with one attached hydrogen (secondary N) is 1. The van der Waals surface area contributed by atoms with Gasteiger partial charge in [0.1, 0.15) is 0 Å². The Bertz CT molecular complexity index is 486. The van der Waals surface area contributed by atoms with Crippen molar-refractivity contribution in [2.75, 3.05) is 7.05 Å². The lowest BCUT2D eigenvalue weighted by molar-refractivity contribution is -0.117. The summed E-state index contributed by atoms with van der Waals surface area (Å²) in [6, 6.07) is 7.99. The van der Waals surface area contributed by atoms with E-state index in [4.69, 9.17) is 5.73 Å². The Hall–Kier alpha value is -2.10. The monoisotopic (exact) mass is 245 g/mol. The molecular formula is C14H19N3O. The van der Waals surface area contributed by atoms with Gasteiger partial charge in [-0.3, -0.25) is 9.79 Å². The summed E-state index contributed by atoms with van der Waals surface area (Å²) >= 11 is 0. The van der Waals surface area contributed by atoms with Gasteiger partial charge in [0.25, 0.3) is 5.91 Å². The number of nitrogens with zero attached hydrogens (tertiary/aromatic N) is 1. The van der Waals surface area contributed by atoms with E-state index in [1.54, 1.807) is 14.0 Å². The highest BCUT2D eigenvalue weighted by molar-refractivity contribution is 6.12. The molecule has 0 unspecified atom stereocenters. The van der Waals surface area contributed by atoms with Gasteiger partial charge >= 0.3 is 0 Å². The molecule has 0 aromatic heterocycles. The summed E-state index contributed by atoms with van der Waals surface area (Å²) in [5.74, 6) is -0.206. The van der Waals surface area contributed by atoms with Crippen LogP contribution in [0.5, 0.6) is 0 Å². The second-order valence-corrected chi connectivity index (χ2v) is 4.16. The van der Waals surface area contributed by atoms with Crippen LogP contribution in [-0.4, -0.2) is 19.2 Å². The van der Waals surface area contributed by atoms with Crippen LogP contribution in [0.4, 0.5) is 0 Å². The van der Waals surface area contributed by atoms with E-state index >= 15 is 0 Å². The largest absolute Gasteiger partial charge is 0.402 e. The Balaban J connectivity index is 2.69. The lowest BCUT2D eigenvalue weighted by Crippen LogP contribution is -2.27. The van der Waals surface area contributed by atoms with Crippen LogP contribution in [-0.2, 0) is 11.3 Å². The van der Waals surface area contributed by atoms with Crippen molar-refractivity contribution < 1.29 is 4.79 Å². The lowest BCUT2D eigenvalue weighted by Gasteiger charge is -2.07. The minimum atomic E-state index is -0.206. The molecule has 0 saturated heterocycles. The summed E-state index contributed by atoms with van der Waals surface area (Å²) in [4.78, 5) is 15.7. The number of rotatable bonds is 4. The average molecular weight is 245 g/mol. The topological polar surface area (TPSA) is 67.5 Å². The zero-order valence-electron chi connectivity index (χ0n) is 11.0. The Labute approximate surface area is 108 Å². The maximum Gasteiger partial charge on any atom is 0.254 e. The summed E-state index contributed by atoms with van der Waals surface area (Å²) in [6.45, 7) is 4.18. The van der Waals surface area contributed by atoms with Gasteiger partial charge in [-0.1, -0.05) is 29.8 Å². The van der Waals surface area contributed by atoms with E-state index in [1.165, 1.54) is 11.8 Å². The average Bonchev–Trinajstić information content (AvgIpc) is 2.32. The smallest absolute Gasteiger partial charge is 0.254 e. The minimum absolute atomic E-state index is 0.206. The predicted octanol–water partition coefficient (Wildman–Crippen LogP) is 1.54. The minimum Gasteiger partial charge on any atom is -0.402 e. The highest BCUT2D eigenvalue weighted by Gasteiger charge is 2.08. The number of nitrogens with two attached hydrogens (primary N) is 1. The molecular weight excluding hydrogens is 226 g/mol. The van der Waals surface area contributed by atoms with Crippen LogP contribution in [0.1, 0.15) is 18.1 Å². The van der Waals surface area contributed by atoms with E-state index < -0.39 is 0 Å². The van der Waals surface area contributed by atoms with Crippen molar-refractivity contribution in [3.63, 3.8) is 0 Å². The van der Waals surface area contributed by atoms with Gasteiger partial charge < -0.3 is 11.1 Å². The number of aryl methyl sites for hydroxylation is 1. The molecule has 0 spiro atoms. The molecule has 4 nitrogen and oxygen atoms in total. The fourth-order valence-corrected chi connectivity index (χ4v) is 1.57. The van der Waals surface area contributed by atoms with Gasteiger partial charge in [0.05, 0.1) is 5.57 Å². The molecule has 0 saturated carbocycles. The van der Waals surface area contributed by atoms with Crippen molar-refractivity contribution in [2.24, 2.45) is 10.7 Å². The standard InChI is InChI=1S/C14H19N3O/c1-10-5-4-6-12(7-10)8-17-14(18)13(9-16-3)11(2)15/h4-7,9H,8,15H2,1-3H3,(H,17,18). The maximum atomic E-state index is 11.9. The summed E-state index contributed by atoms with van der Waals surface area (Å²) in [7, 11) is 1.61. The normalized spacial score (nSPS) is 12.4. The van der Waals surface area contributed by atoms with E-state index in [9.17, 15) is 4.79 Å². The second-order valence-electron chi connectivity index (χ2n) is 4.16.